The van der Waals surface area contributed by atoms with E-state index in [1.807, 2.05) is 6.92 Å². The zero-order valence-electron chi connectivity index (χ0n) is 14.2. The maximum atomic E-state index is 12.5. The normalized spacial score (nSPS) is 17.1. The fourth-order valence-corrected chi connectivity index (χ4v) is 5.86. The predicted octanol–water partition coefficient (Wildman–Crippen LogP) is 0.552. The van der Waals surface area contributed by atoms with E-state index in [1.54, 1.807) is 26.0 Å². The fourth-order valence-electron chi connectivity index (χ4n) is 2.92. The first kappa shape index (κ1) is 19.3. The highest BCUT2D eigenvalue weighted by molar-refractivity contribution is 7.90. The first-order chi connectivity index (χ1) is 11.1. The number of hydrogen-bond acceptors (Lipinski definition) is 5. The molecule has 24 heavy (non-hydrogen) atoms. The Balaban J connectivity index is 2.06. The van der Waals surface area contributed by atoms with Crippen molar-refractivity contribution < 1.29 is 21.6 Å². The zero-order chi connectivity index (χ0) is 18.0. The van der Waals surface area contributed by atoms with E-state index in [0.717, 1.165) is 5.56 Å². The van der Waals surface area contributed by atoms with Crippen molar-refractivity contribution in [3.8, 4) is 0 Å². The third-order valence-electron chi connectivity index (χ3n) is 3.89. The Morgan fingerprint density at radius 2 is 1.58 bits per heavy atom. The van der Waals surface area contributed by atoms with Crippen molar-refractivity contribution >= 4 is 20.0 Å². The number of hydrogen-bond donors (Lipinski definition) is 1. The third-order valence-corrected chi connectivity index (χ3v) is 7.53. The number of rotatable bonds is 6. The molecule has 1 aliphatic heterocycles. The quantitative estimate of drug-likeness (QED) is 0.783. The summed E-state index contributed by atoms with van der Waals surface area (Å²) >= 11 is 0. The van der Waals surface area contributed by atoms with Gasteiger partial charge in [0.2, 0.25) is 20.0 Å². The Bertz CT molecular complexity index is 774. The first-order valence-corrected chi connectivity index (χ1v) is 10.9. The monoisotopic (exact) mass is 376 g/mol. The van der Waals surface area contributed by atoms with E-state index < -0.39 is 20.0 Å². The summed E-state index contributed by atoms with van der Waals surface area (Å²) in [5.41, 5.74) is 2.28. The lowest BCUT2D eigenvalue weighted by Crippen LogP contribution is -2.43. The lowest BCUT2D eigenvalue weighted by molar-refractivity contribution is 0.0730. The number of ether oxygens (including phenoxy) is 1. The van der Waals surface area contributed by atoms with Gasteiger partial charge in [0.15, 0.2) is 0 Å². The van der Waals surface area contributed by atoms with Gasteiger partial charge < -0.3 is 4.74 Å². The van der Waals surface area contributed by atoms with Crippen LogP contribution in [0, 0.1) is 20.8 Å². The minimum absolute atomic E-state index is 0.158. The summed E-state index contributed by atoms with van der Waals surface area (Å²) in [5.74, 6) is -0.268. The average Bonchev–Trinajstić information content (AvgIpc) is 2.46. The molecular formula is C15H24N2O5S2. The van der Waals surface area contributed by atoms with Crippen molar-refractivity contribution in [1.29, 1.82) is 0 Å². The van der Waals surface area contributed by atoms with Crippen LogP contribution < -0.4 is 4.72 Å². The van der Waals surface area contributed by atoms with Crippen molar-refractivity contribution in [3.05, 3.63) is 28.8 Å². The molecule has 0 aromatic heterocycles. The van der Waals surface area contributed by atoms with Gasteiger partial charge in [-0.2, -0.15) is 4.31 Å². The van der Waals surface area contributed by atoms with Gasteiger partial charge in [0.25, 0.3) is 0 Å². The van der Waals surface area contributed by atoms with E-state index in [1.165, 1.54) is 4.31 Å². The van der Waals surface area contributed by atoms with Gasteiger partial charge in [0.1, 0.15) is 0 Å². The van der Waals surface area contributed by atoms with Crippen molar-refractivity contribution in [2.24, 2.45) is 0 Å². The summed E-state index contributed by atoms with van der Waals surface area (Å²) in [6.07, 6.45) is 0. The number of nitrogens with zero attached hydrogens (tertiary/aromatic N) is 1. The van der Waals surface area contributed by atoms with Crippen LogP contribution in [0.4, 0.5) is 0 Å². The molecule has 2 rings (SSSR count). The maximum absolute atomic E-state index is 12.5. The molecular weight excluding hydrogens is 352 g/mol. The highest BCUT2D eigenvalue weighted by Crippen LogP contribution is 2.21. The molecule has 1 aromatic rings. The molecule has 1 aromatic carbocycles. The molecule has 0 spiro atoms. The molecule has 1 saturated heterocycles. The van der Waals surface area contributed by atoms with E-state index in [2.05, 4.69) is 4.72 Å². The van der Waals surface area contributed by atoms with Gasteiger partial charge in [0, 0.05) is 19.6 Å². The highest BCUT2D eigenvalue weighted by atomic mass is 32.2. The largest absolute Gasteiger partial charge is 0.379 e. The molecule has 7 nitrogen and oxygen atoms in total. The van der Waals surface area contributed by atoms with Crippen molar-refractivity contribution in [2.45, 2.75) is 25.7 Å². The van der Waals surface area contributed by atoms with E-state index in [-0.39, 0.29) is 17.2 Å². The summed E-state index contributed by atoms with van der Waals surface area (Å²) in [5, 5.41) is 0. The van der Waals surface area contributed by atoms with Crippen LogP contribution in [-0.4, -0.2) is 59.7 Å². The molecule has 1 heterocycles. The lowest BCUT2D eigenvalue weighted by atomic mass is 10.1. The van der Waals surface area contributed by atoms with Gasteiger partial charge in [-0.1, -0.05) is 17.7 Å². The van der Waals surface area contributed by atoms with E-state index in [9.17, 15) is 16.8 Å². The van der Waals surface area contributed by atoms with Gasteiger partial charge in [0.05, 0.1) is 23.9 Å². The second kappa shape index (κ2) is 7.49. The molecule has 0 amide bonds. The topological polar surface area (TPSA) is 92.8 Å². The minimum atomic E-state index is -3.75. The molecule has 136 valence electrons. The number of morpholine rings is 1. The Kier molecular flexibility index (Phi) is 6.03. The van der Waals surface area contributed by atoms with E-state index in [4.69, 9.17) is 4.74 Å². The Hall–Kier alpha value is -1.00. The molecule has 1 N–H and O–H groups in total. The number of aryl methyl sites for hydroxylation is 3. The number of nitrogens with one attached hydrogen (secondary N) is 1. The van der Waals surface area contributed by atoms with Crippen molar-refractivity contribution in [2.75, 3.05) is 38.6 Å². The van der Waals surface area contributed by atoms with Crippen LogP contribution in [0.5, 0.6) is 0 Å². The smallest absolute Gasteiger partial charge is 0.241 e. The van der Waals surface area contributed by atoms with Crippen LogP contribution in [-0.2, 0) is 24.8 Å². The standard InChI is InChI=1S/C15H24N2O5S2/c1-12-10-13(2)15(14(3)11-12)24(20,21)16-4-9-23(18,19)17-5-7-22-8-6-17/h10-11,16H,4-9H2,1-3H3. The number of sulfonamides is 2. The summed E-state index contributed by atoms with van der Waals surface area (Å²) < 4.78 is 58.3. The molecule has 0 unspecified atom stereocenters. The molecule has 9 heteroatoms. The summed E-state index contributed by atoms with van der Waals surface area (Å²) in [6, 6.07) is 3.60. The Morgan fingerprint density at radius 1 is 1.04 bits per heavy atom. The maximum Gasteiger partial charge on any atom is 0.241 e. The van der Waals surface area contributed by atoms with Crippen LogP contribution in [0.3, 0.4) is 0 Å². The molecule has 0 aliphatic carbocycles. The van der Waals surface area contributed by atoms with Crippen LogP contribution in [0.1, 0.15) is 16.7 Å². The molecule has 0 atom stereocenters. The van der Waals surface area contributed by atoms with Crippen LogP contribution in [0.25, 0.3) is 0 Å². The molecule has 0 radical (unpaired) electrons. The van der Waals surface area contributed by atoms with E-state index >= 15 is 0 Å². The van der Waals surface area contributed by atoms with Gasteiger partial charge in [-0.05, 0) is 31.9 Å². The van der Waals surface area contributed by atoms with Crippen LogP contribution in [0.15, 0.2) is 17.0 Å². The van der Waals surface area contributed by atoms with E-state index in [0.29, 0.717) is 37.4 Å². The lowest BCUT2D eigenvalue weighted by Gasteiger charge is -2.26. The average molecular weight is 377 g/mol. The third kappa shape index (κ3) is 4.54. The Labute approximate surface area is 144 Å². The van der Waals surface area contributed by atoms with Gasteiger partial charge in [-0.3, -0.25) is 0 Å². The van der Waals surface area contributed by atoms with Crippen molar-refractivity contribution in [1.82, 2.24) is 9.03 Å². The van der Waals surface area contributed by atoms with Crippen molar-refractivity contribution in [3.63, 3.8) is 0 Å². The SMILES string of the molecule is Cc1cc(C)c(S(=O)(=O)NCCS(=O)(=O)N2CCOCC2)c(C)c1. The summed E-state index contributed by atoms with van der Waals surface area (Å²) in [7, 11) is -7.24. The molecule has 1 aliphatic rings. The van der Waals surface area contributed by atoms with Gasteiger partial charge in [-0.25, -0.2) is 21.6 Å². The highest BCUT2D eigenvalue weighted by Gasteiger charge is 2.25. The predicted molar refractivity (Wildman–Crippen MR) is 92.0 cm³/mol. The second-order valence-corrected chi connectivity index (χ2v) is 9.75. The van der Waals surface area contributed by atoms with Crippen LogP contribution in [0.2, 0.25) is 0 Å². The first-order valence-electron chi connectivity index (χ1n) is 7.76. The van der Waals surface area contributed by atoms with Gasteiger partial charge in [-0.15, -0.1) is 0 Å². The van der Waals surface area contributed by atoms with Gasteiger partial charge >= 0.3 is 0 Å². The molecule has 0 bridgehead atoms. The van der Waals surface area contributed by atoms with Crippen LogP contribution >= 0.6 is 0 Å². The fraction of sp³-hybridized carbons (Fsp3) is 0.600. The number of benzene rings is 1. The minimum Gasteiger partial charge on any atom is -0.379 e. The summed E-state index contributed by atoms with van der Waals surface area (Å²) in [6.45, 7) is 6.57. The second-order valence-electron chi connectivity index (χ2n) is 5.95. The summed E-state index contributed by atoms with van der Waals surface area (Å²) in [4.78, 5) is 0.219. The Morgan fingerprint density at radius 3 is 2.12 bits per heavy atom. The molecule has 1 fully saturated rings. The molecule has 0 saturated carbocycles. The zero-order valence-corrected chi connectivity index (χ0v) is 15.8.